The van der Waals surface area contributed by atoms with Crippen molar-refractivity contribution in [1.29, 1.82) is 0 Å². The van der Waals surface area contributed by atoms with Crippen LogP contribution in [0.25, 0.3) is 16.9 Å². The van der Waals surface area contributed by atoms with Crippen molar-refractivity contribution >= 4 is 11.6 Å². The molecule has 0 unspecified atom stereocenters. The summed E-state index contributed by atoms with van der Waals surface area (Å²) < 4.78 is 1.74. The standard InChI is InChI=1S/C24H22N4O/c1-17-13-14-19(15-18(17)2)23-22(16-28(27-23)21-11-7-4-8-12-21)24(29)26-25-20-9-5-3-6-10-20/h3-16,25H,1-2H3,(H,26,29). The molecule has 0 spiro atoms. The third-order valence-electron chi connectivity index (χ3n) is 4.85. The van der Waals surface area contributed by atoms with Gasteiger partial charge in [-0.15, -0.1) is 0 Å². The molecular formula is C24H22N4O. The first-order chi connectivity index (χ1) is 14.1. The Labute approximate surface area is 170 Å². The van der Waals surface area contributed by atoms with Crippen molar-refractivity contribution < 1.29 is 4.79 Å². The van der Waals surface area contributed by atoms with E-state index in [0.717, 1.165) is 22.5 Å². The fourth-order valence-corrected chi connectivity index (χ4v) is 3.07. The van der Waals surface area contributed by atoms with E-state index in [0.29, 0.717) is 11.3 Å². The van der Waals surface area contributed by atoms with Crippen molar-refractivity contribution in [3.8, 4) is 16.9 Å². The number of nitrogens with zero attached hydrogens (tertiary/aromatic N) is 2. The highest BCUT2D eigenvalue weighted by molar-refractivity contribution is 6.00. The first-order valence-corrected chi connectivity index (χ1v) is 9.46. The molecule has 1 amide bonds. The smallest absolute Gasteiger partial charge is 0.273 e. The number of anilines is 1. The molecule has 0 fully saturated rings. The van der Waals surface area contributed by atoms with E-state index in [4.69, 9.17) is 5.10 Å². The molecule has 2 N–H and O–H groups in total. The van der Waals surface area contributed by atoms with Crippen molar-refractivity contribution in [3.63, 3.8) is 0 Å². The molecule has 29 heavy (non-hydrogen) atoms. The second-order valence-electron chi connectivity index (χ2n) is 6.92. The Balaban J connectivity index is 1.71. The van der Waals surface area contributed by atoms with Crippen molar-refractivity contribution in [3.05, 3.63) is 102 Å². The Kier molecular flexibility index (Phi) is 5.12. The van der Waals surface area contributed by atoms with E-state index in [1.807, 2.05) is 66.7 Å². The summed E-state index contributed by atoms with van der Waals surface area (Å²) in [4.78, 5) is 13.0. The predicted octanol–water partition coefficient (Wildman–Crippen LogP) is 4.91. The molecule has 0 bridgehead atoms. The third-order valence-corrected chi connectivity index (χ3v) is 4.85. The molecule has 3 aromatic carbocycles. The molecule has 0 saturated carbocycles. The lowest BCUT2D eigenvalue weighted by molar-refractivity contribution is 0.0963. The normalized spacial score (nSPS) is 10.6. The van der Waals surface area contributed by atoms with E-state index >= 15 is 0 Å². The zero-order valence-electron chi connectivity index (χ0n) is 16.4. The van der Waals surface area contributed by atoms with Gasteiger partial charge in [0.1, 0.15) is 5.69 Å². The zero-order valence-corrected chi connectivity index (χ0v) is 16.4. The molecule has 0 atom stereocenters. The number of hydrogen-bond donors (Lipinski definition) is 2. The van der Waals surface area contributed by atoms with Crippen LogP contribution in [0.5, 0.6) is 0 Å². The van der Waals surface area contributed by atoms with Crippen LogP contribution < -0.4 is 10.9 Å². The Morgan fingerprint density at radius 3 is 2.24 bits per heavy atom. The Bertz CT molecular complexity index is 1130. The van der Waals surface area contributed by atoms with Crippen LogP contribution in [-0.4, -0.2) is 15.7 Å². The highest BCUT2D eigenvalue weighted by Crippen LogP contribution is 2.26. The fourth-order valence-electron chi connectivity index (χ4n) is 3.07. The molecule has 0 aliphatic carbocycles. The summed E-state index contributed by atoms with van der Waals surface area (Å²) in [5.74, 6) is -0.246. The summed E-state index contributed by atoms with van der Waals surface area (Å²) in [6, 6.07) is 25.4. The Morgan fingerprint density at radius 2 is 1.55 bits per heavy atom. The largest absolute Gasteiger partial charge is 0.298 e. The highest BCUT2D eigenvalue weighted by atomic mass is 16.2. The molecule has 5 nitrogen and oxygen atoms in total. The highest BCUT2D eigenvalue weighted by Gasteiger charge is 2.19. The zero-order chi connectivity index (χ0) is 20.2. The van der Waals surface area contributed by atoms with Gasteiger partial charge in [-0.05, 0) is 55.3 Å². The van der Waals surface area contributed by atoms with Crippen molar-refractivity contribution in [2.75, 3.05) is 5.43 Å². The van der Waals surface area contributed by atoms with E-state index in [1.165, 1.54) is 5.56 Å². The summed E-state index contributed by atoms with van der Waals surface area (Å²) in [5, 5.41) is 4.73. The number of hydrazine groups is 1. The lowest BCUT2D eigenvalue weighted by Crippen LogP contribution is -2.29. The average molecular weight is 382 g/mol. The van der Waals surface area contributed by atoms with Gasteiger partial charge in [-0.1, -0.05) is 48.5 Å². The van der Waals surface area contributed by atoms with Crippen LogP contribution in [0.1, 0.15) is 21.5 Å². The third kappa shape index (κ3) is 4.04. The minimum Gasteiger partial charge on any atom is -0.298 e. The van der Waals surface area contributed by atoms with Gasteiger partial charge in [0.25, 0.3) is 5.91 Å². The second-order valence-corrected chi connectivity index (χ2v) is 6.92. The van der Waals surface area contributed by atoms with E-state index in [1.54, 1.807) is 10.9 Å². The maximum Gasteiger partial charge on any atom is 0.273 e. The minimum atomic E-state index is -0.246. The van der Waals surface area contributed by atoms with Crippen molar-refractivity contribution in [2.24, 2.45) is 0 Å². The first-order valence-electron chi connectivity index (χ1n) is 9.46. The number of nitrogens with one attached hydrogen (secondary N) is 2. The predicted molar refractivity (Wildman–Crippen MR) is 116 cm³/mol. The van der Waals surface area contributed by atoms with E-state index in [-0.39, 0.29) is 5.91 Å². The SMILES string of the molecule is Cc1ccc(-c2nn(-c3ccccc3)cc2C(=O)NNc2ccccc2)cc1C. The number of aromatic nitrogens is 2. The van der Waals surface area contributed by atoms with Gasteiger partial charge in [0.2, 0.25) is 0 Å². The number of rotatable bonds is 5. The van der Waals surface area contributed by atoms with Gasteiger partial charge in [-0.25, -0.2) is 4.68 Å². The van der Waals surface area contributed by atoms with Crippen molar-refractivity contribution in [2.45, 2.75) is 13.8 Å². The maximum absolute atomic E-state index is 13.0. The topological polar surface area (TPSA) is 59.0 Å². The minimum absolute atomic E-state index is 0.246. The van der Waals surface area contributed by atoms with Crippen LogP contribution >= 0.6 is 0 Å². The number of carbonyl (C=O) groups excluding carboxylic acids is 1. The molecular weight excluding hydrogens is 360 g/mol. The number of para-hydroxylation sites is 2. The quantitative estimate of drug-likeness (QED) is 0.482. The number of aryl methyl sites for hydroxylation is 2. The summed E-state index contributed by atoms with van der Waals surface area (Å²) in [6.07, 6.45) is 1.77. The second kappa shape index (κ2) is 8.02. The summed E-state index contributed by atoms with van der Waals surface area (Å²) in [6.45, 7) is 4.13. The molecule has 144 valence electrons. The monoisotopic (exact) mass is 382 g/mol. The molecule has 1 heterocycles. The van der Waals surface area contributed by atoms with E-state index in [2.05, 4.69) is 36.8 Å². The number of amides is 1. The molecule has 0 saturated heterocycles. The molecule has 0 aliphatic heterocycles. The maximum atomic E-state index is 13.0. The van der Waals surface area contributed by atoms with Gasteiger partial charge in [0.05, 0.1) is 16.9 Å². The van der Waals surface area contributed by atoms with Crippen LogP contribution in [-0.2, 0) is 0 Å². The Hall–Kier alpha value is -3.86. The summed E-state index contributed by atoms with van der Waals surface area (Å²) >= 11 is 0. The molecule has 4 rings (SSSR count). The number of hydrogen-bond acceptors (Lipinski definition) is 3. The van der Waals surface area contributed by atoms with Gasteiger partial charge in [-0.3, -0.25) is 15.6 Å². The Morgan fingerprint density at radius 1 is 0.862 bits per heavy atom. The summed E-state index contributed by atoms with van der Waals surface area (Å²) in [7, 11) is 0. The van der Waals surface area contributed by atoms with E-state index < -0.39 is 0 Å². The first kappa shape index (κ1) is 18.5. The van der Waals surface area contributed by atoms with Crippen LogP contribution in [0.15, 0.2) is 85.1 Å². The van der Waals surface area contributed by atoms with Crippen LogP contribution in [0.4, 0.5) is 5.69 Å². The lowest BCUT2D eigenvalue weighted by Gasteiger charge is -2.09. The average Bonchev–Trinajstić information content (AvgIpc) is 3.21. The van der Waals surface area contributed by atoms with E-state index in [9.17, 15) is 4.79 Å². The number of benzene rings is 3. The fraction of sp³-hybridized carbons (Fsp3) is 0.0833. The molecule has 4 aromatic rings. The van der Waals surface area contributed by atoms with Gasteiger partial charge >= 0.3 is 0 Å². The molecule has 0 aliphatic rings. The van der Waals surface area contributed by atoms with Gasteiger partial charge in [0.15, 0.2) is 0 Å². The molecule has 1 aromatic heterocycles. The molecule has 5 heteroatoms. The van der Waals surface area contributed by atoms with Crippen LogP contribution in [0.2, 0.25) is 0 Å². The summed E-state index contributed by atoms with van der Waals surface area (Å²) in [5.41, 5.74) is 11.8. The van der Waals surface area contributed by atoms with Gasteiger partial charge in [-0.2, -0.15) is 5.10 Å². The van der Waals surface area contributed by atoms with Crippen LogP contribution in [0, 0.1) is 13.8 Å². The van der Waals surface area contributed by atoms with Gasteiger partial charge in [0, 0.05) is 11.8 Å². The van der Waals surface area contributed by atoms with Crippen molar-refractivity contribution in [1.82, 2.24) is 15.2 Å². The number of carbonyl (C=O) groups is 1. The van der Waals surface area contributed by atoms with Gasteiger partial charge < -0.3 is 0 Å². The lowest BCUT2D eigenvalue weighted by atomic mass is 10.0. The van der Waals surface area contributed by atoms with Crippen LogP contribution in [0.3, 0.4) is 0 Å². The molecule has 0 radical (unpaired) electrons.